The van der Waals surface area contributed by atoms with Crippen LogP contribution in [0.15, 0.2) is 12.1 Å². The van der Waals surface area contributed by atoms with Gasteiger partial charge in [0.15, 0.2) is 0 Å². The molecule has 112 valence electrons. The minimum atomic E-state index is -0.827. The molecule has 1 aliphatic rings. The van der Waals surface area contributed by atoms with Crippen LogP contribution >= 0.6 is 11.6 Å². The molecule has 1 fully saturated rings. The molecule has 1 aromatic rings. The van der Waals surface area contributed by atoms with Crippen LogP contribution in [0, 0.1) is 11.3 Å². The molecule has 0 saturated heterocycles. The molecule has 0 atom stereocenters. The molecule has 1 heterocycles. The van der Waals surface area contributed by atoms with E-state index in [1.54, 1.807) is 30.9 Å². The summed E-state index contributed by atoms with van der Waals surface area (Å²) in [6.07, 6.45) is 1.90. The number of hydrogen-bond acceptors (Lipinski definition) is 3. The van der Waals surface area contributed by atoms with Crippen LogP contribution in [0.3, 0.4) is 0 Å². The maximum Gasteiger partial charge on any atom is 0.255 e. The van der Waals surface area contributed by atoms with Gasteiger partial charge in [-0.1, -0.05) is 25.4 Å². The first-order valence-corrected chi connectivity index (χ1v) is 7.56. The maximum atomic E-state index is 12.8. The summed E-state index contributed by atoms with van der Waals surface area (Å²) < 4.78 is 0. The summed E-state index contributed by atoms with van der Waals surface area (Å²) in [5.74, 6) is 0.0452. The van der Waals surface area contributed by atoms with Gasteiger partial charge in [0, 0.05) is 17.3 Å². The van der Waals surface area contributed by atoms with Crippen LogP contribution in [-0.2, 0) is 0 Å². The van der Waals surface area contributed by atoms with Crippen LogP contribution in [0.5, 0.6) is 0 Å². The van der Waals surface area contributed by atoms with Crippen molar-refractivity contribution < 1.29 is 4.79 Å². The van der Waals surface area contributed by atoms with Crippen LogP contribution in [0.2, 0.25) is 5.15 Å². The highest BCUT2D eigenvalue weighted by atomic mass is 35.5. The van der Waals surface area contributed by atoms with E-state index < -0.39 is 5.54 Å². The number of aromatic nitrogens is 1. The first kappa shape index (κ1) is 15.8. The van der Waals surface area contributed by atoms with E-state index >= 15 is 0 Å². The van der Waals surface area contributed by atoms with Crippen LogP contribution in [0.1, 0.15) is 62.5 Å². The van der Waals surface area contributed by atoms with Gasteiger partial charge < -0.3 is 4.90 Å². The number of rotatable bonds is 4. The van der Waals surface area contributed by atoms with Crippen LogP contribution in [0.4, 0.5) is 0 Å². The zero-order valence-electron chi connectivity index (χ0n) is 12.9. The van der Waals surface area contributed by atoms with Crippen molar-refractivity contribution in [1.82, 2.24) is 9.88 Å². The van der Waals surface area contributed by atoms with E-state index in [1.807, 2.05) is 13.8 Å². The van der Waals surface area contributed by atoms with Crippen molar-refractivity contribution in [3.8, 4) is 6.07 Å². The van der Waals surface area contributed by atoms with Crippen LogP contribution in [0.25, 0.3) is 0 Å². The average molecular weight is 306 g/mol. The molecule has 2 rings (SSSR count). The minimum absolute atomic E-state index is 0.143. The Morgan fingerprint density at radius 3 is 2.57 bits per heavy atom. The molecular weight excluding hydrogens is 286 g/mol. The van der Waals surface area contributed by atoms with Gasteiger partial charge in [-0.3, -0.25) is 4.79 Å². The van der Waals surface area contributed by atoms with E-state index in [0.717, 1.165) is 18.5 Å². The summed E-state index contributed by atoms with van der Waals surface area (Å²) in [6, 6.07) is 5.74. The van der Waals surface area contributed by atoms with Crippen molar-refractivity contribution in [2.75, 3.05) is 0 Å². The molecule has 21 heavy (non-hydrogen) atoms. The molecule has 0 aliphatic heterocycles. The summed E-state index contributed by atoms with van der Waals surface area (Å²) in [6.45, 7) is 7.56. The second kappa shape index (κ2) is 5.65. The lowest BCUT2D eigenvalue weighted by molar-refractivity contribution is 0.0615. The Bertz CT molecular complexity index is 600. The molecule has 1 amide bonds. The first-order valence-electron chi connectivity index (χ1n) is 7.18. The third-order valence-electron chi connectivity index (χ3n) is 3.66. The van der Waals surface area contributed by atoms with Gasteiger partial charge in [-0.2, -0.15) is 5.26 Å². The largest absolute Gasteiger partial charge is 0.317 e. The zero-order valence-corrected chi connectivity index (χ0v) is 13.6. The number of nitriles is 1. The predicted molar refractivity (Wildman–Crippen MR) is 82.2 cm³/mol. The third-order valence-corrected chi connectivity index (χ3v) is 3.85. The summed E-state index contributed by atoms with van der Waals surface area (Å²) in [5.41, 5.74) is 0.469. The molecule has 0 aromatic carbocycles. The van der Waals surface area contributed by atoms with Gasteiger partial charge in [0.05, 0.1) is 6.07 Å². The Balaban J connectivity index is 2.40. The number of carbonyl (C=O) groups excluding carboxylic acids is 1. The van der Waals surface area contributed by atoms with Crippen molar-refractivity contribution in [2.24, 2.45) is 0 Å². The monoisotopic (exact) mass is 305 g/mol. The lowest BCUT2D eigenvalue weighted by Crippen LogP contribution is -2.48. The standard InChI is InChI=1S/C16H20ClN3O/c1-10(2)13-7-11(8-14(17)19-13)15(21)20(12-5-6-12)16(3,4)9-18/h7-8,10,12H,5-6H2,1-4H3. The molecule has 0 unspecified atom stereocenters. The van der Waals surface area contributed by atoms with Gasteiger partial charge in [0.2, 0.25) is 0 Å². The van der Waals surface area contributed by atoms with E-state index in [-0.39, 0.29) is 17.9 Å². The topological polar surface area (TPSA) is 57.0 Å². The Hall–Kier alpha value is -1.60. The summed E-state index contributed by atoms with van der Waals surface area (Å²) in [5, 5.41) is 9.67. The normalized spacial score (nSPS) is 14.9. The van der Waals surface area contributed by atoms with Gasteiger partial charge >= 0.3 is 0 Å². The van der Waals surface area contributed by atoms with Gasteiger partial charge in [-0.05, 0) is 44.7 Å². The van der Waals surface area contributed by atoms with Crippen molar-refractivity contribution in [3.05, 3.63) is 28.5 Å². The highest BCUT2D eigenvalue weighted by Gasteiger charge is 2.42. The smallest absolute Gasteiger partial charge is 0.255 e. The van der Waals surface area contributed by atoms with E-state index in [2.05, 4.69) is 11.1 Å². The minimum Gasteiger partial charge on any atom is -0.317 e. The lowest BCUT2D eigenvalue weighted by atomic mass is 10.0. The summed E-state index contributed by atoms with van der Waals surface area (Å²) >= 11 is 6.04. The molecule has 0 bridgehead atoms. The van der Waals surface area contributed by atoms with E-state index in [9.17, 15) is 10.1 Å². The van der Waals surface area contributed by atoms with Crippen molar-refractivity contribution in [3.63, 3.8) is 0 Å². The van der Waals surface area contributed by atoms with Gasteiger partial charge in [0.25, 0.3) is 5.91 Å². The third kappa shape index (κ3) is 3.36. The van der Waals surface area contributed by atoms with Crippen LogP contribution < -0.4 is 0 Å². The second-order valence-electron chi connectivity index (χ2n) is 6.34. The molecule has 0 radical (unpaired) electrons. The quantitative estimate of drug-likeness (QED) is 0.796. The fourth-order valence-corrected chi connectivity index (χ4v) is 2.55. The van der Waals surface area contributed by atoms with E-state index in [1.165, 1.54) is 0 Å². The van der Waals surface area contributed by atoms with Crippen molar-refractivity contribution in [2.45, 2.75) is 58.0 Å². The Kier molecular flexibility index (Phi) is 4.25. The first-order chi connectivity index (χ1) is 9.76. The highest BCUT2D eigenvalue weighted by Crippen LogP contribution is 2.34. The number of amides is 1. The molecule has 1 saturated carbocycles. The summed E-state index contributed by atoms with van der Waals surface area (Å²) in [7, 11) is 0. The van der Waals surface area contributed by atoms with E-state index in [0.29, 0.717) is 10.7 Å². The van der Waals surface area contributed by atoms with Gasteiger partial charge in [-0.25, -0.2) is 4.98 Å². The Labute approximate surface area is 130 Å². The molecule has 1 aliphatic carbocycles. The Morgan fingerprint density at radius 1 is 1.48 bits per heavy atom. The molecule has 0 N–H and O–H groups in total. The molecule has 4 nitrogen and oxygen atoms in total. The van der Waals surface area contributed by atoms with Crippen LogP contribution in [-0.4, -0.2) is 27.4 Å². The second-order valence-corrected chi connectivity index (χ2v) is 6.72. The number of carbonyl (C=O) groups is 1. The van der Waals surface area contributed by atoms with Gasteiger partial charge in [-0.15, -0.1) is 0 Å². The summed E-state index contributed by atoms with van der Waals surface area (Å²) in [4.78, 5) is 18.8. The average Bonchev–Trinajstić information content (AvgIpc) is 3.22. The molecule has 0 spiro atoms. The fraction of sp³-hybridized carbons (Fsp3) is 0.562. The van der Waals surface area contributed by atoms with Crippen molar-refractivity contribution >= 4 is 17.5 Å². The SMILES string of the molecule is CC(C)c1cc(C(=O)N(C2CC2)C(C)(C)C#N)cc(Cl)n1. The van der Waals surface area contributed by atoms with E-state index in [4.69, 9.17) is 11.6 Å². The fourth-order valence-electron chi connectivity index (χ4n) is 2.34. The predicted octanol–water partition coefficient (Wildman–Crippen LogP) is 3.77. The molecule has 1 aromatic heterocycles. The highest BCUT2D eigenvalue weighted by molar-refractivity contribution is 6.29. The Morgan fingerprint density at radius 2 is 2.10 bits per heavy atom. The lowest BCUT2D eigenvalue weighted by Gasteiger charge is -2.33. The number of pyridine rings is 1. The van der Waals surface area contributed by atoms with Crippen molar-refractivity contribution in [1.29, 1.82) is 5.26 Å². The molecular formula is C16H20ClN3O. The number of halogens is 1. The number of hydrogen-bond donors (Lipinski definition) is 0. The maximum absolute atomic E-state index is 12.8. The number of nitrogens with zero attached hydrogens (tertiary/aromatic N) is 3. The van der Waals surface area contributed by atoms with Gasteiger partial charge in [0.1, 0.15) is 10.7 Å². The zero-order chi connectivity index (χ0) is 15.8. The molecule has 5 heteroatoms.